The number of hydrogen-bond donors (Lipinski definition) is 0. The van der Waals surface area contributed by atoms with E-state index in [2.05, 4.69) is 12.2 Å². The number of rotatable bonds is 1. The molecule has 0 radical (unpaired) electrons. The highest BCUT2D eigenvalue weighted by molar-refractivity contribution is 5.87. The molecular formula is C9H12O. The van der Waals surface area contributed by atoms with Gasteiger partial charge in [0.15, 0.2) is 0 Å². The lowest BCUT2D eigenvalue weighted by Gasteiger charge is -1.92. The molecule has 0 N–H and O–H groups in total. The van der Waals surface area contributed by atoms with Crippen molar-refractivity contribution in [1.29, 1.82) is 0 Å². The molecule has 0 aromatic heterocycles. The molecule has 10 heavy (non-hydrogen) atoms. The zero-order valence-electron chi connectivity index (χ0n) is 6.21. The number of hydrogen-bond acceptors (Lipinski definition) is 1. The third-order valence-corrected chi connectivity index (χ3v) is 2.74. The number of allylic oxidation sites excluding steroid dienone is 2. The second-order valence-electron chi connectivity index (χ2n) is 3.30. The Kier molecular flexibility index (Phi) is 1.19. The fourth-order valence-electron chi connectivity index (χ4n) is 2.19. The van der Waals surface area contributed by atoms with Crippen LogP contribution >= 0.6 is 0 Å². The van der Waals surface area contributed by atoms with Crippen LogP contribution in [0.25, 0.3) is 0 Å². The molecule has 2 aliphatic rings. The molecule has 2 rings (SSSR count). The molecule has 0 aliphatic heterocycles. The molecule has 2 fully saturated rings. The van der Waals surface area contributed by atoms with Gasteiger partial charge in [0, 0.05) is 12.3 Å². The molecule has 3 unspecified atom stereocenters. The van der Waals surface area contributed by atoms with Crippen LogP contribution in [-0.2, 0) is 4.79 Å². The molecule has 0 aromatic carbocycles. The first kappa shape index (κ1) is 6.14. The molecule has 3 atom stereocenters. The SMILES string of the molecule is CC=CC1C2CCC(=O)C12. The maximum absolute atomic E-state index is 11.1. The summed E-state index contributed by atoms with van der Waals surface area (Å²) < 4.78 is 0. The molecule has 54 valence electrons. The fraction of sp³-hybridized carbons (Fsp3) is 0.667. The van der Waals surface area contributed by atoms with Gasteiger partial charge in [0.25, 0.3) is 0 Å². The van der Waals surface area contributed by atoms with Gasteiger partial charge in [-0.25, -0.2) is 0 Å². The summed E-state index contributed by atoms with van der Waals surface area (Å²) in [6.45, 7) is 2.03. The molecule has 0 saturated heterocycles. The van der Waals surface area contributed by atoms with Crippen molar-refractivity contribution in [2.24, 2.45) is 17.8 Å². The zero-order chi connectivity index (χ0) is 7.14. The number of Topliss-reactive ketones (excluding diaryl/α,β-unsaturated/α-hetero) is 1. The molecule has 2 aliphatic carbocycles. The number of ketones is 1. The molecule has 1 nitrogen and oxygen atoms in total. The van der Waals surface area contributed by atoms with Crippen molar-refractivity contribution in [3.05, 3.63) is 12.2 Å². The maximum Gasteiger partial charge on any atom is 0.136 e. The molecule has 2 saturated carbocycles. The van der Waals surface area contributed by atoms with Crippen LogP contribution in [0.2, 0.25) is 0 Å². The van der Waals surface area contributed by atoms with Crippen molar-refractivity contribution in [3.63, 3.8) is 0 Å². The van der Waals surface area contributed by atoms with Crippen LogP contribution in [0.4, 0.5) is 0 Å². The monoisotopic (exact) mass is 136 g/mol. The third-order valence-electron chi connectivity index (χ3n) is 2.74. The smallest absolute Gasteiger partial charge is 0.136 e. The zero-order valence-corrected chi connectivity index (χ0v) is 6.21. The van der Waals surface area contributed by atoms with Crippen molar-refractivity contribution in [2.45, 2.75) is 19.8 Å². The fourth-order valence-corrected chi connectivity index (χ4v) is 2.19. The van der Waals surface area contributed by atoms with Gasteiger partial charge in [-0.05, 0) is 25.2 Å². The topological polar surface area (TPSA) is 17.1 Å². The van der Waals surface area contributed by atoms with Crippen molar-refractivity contribution in [1.82, 2.24) is 0 Å². The van der Waals surface area contributed by atoms with Gasteiger partial charge < -0.3 is 0 Å². The summed E-state index contributed by atoms with van der Waals surface area (Å²) in [5.41, 5.74) is 0. The van der Waals surface area contributed by atoms with Crippen LogP contribution in [0, 0.1) is 17.8 Å². The van der Waals surface area contributed by atoms with Crippen LogP contribution in [-0.4, -0.2) is 5.78 Å². The molecule has 1 heteroatoms. The van der Waals surface area contributed by atoms with E-state index in [0.29, 0.717) is 17.6 Å². The van der Waals surface area contributed by atoms with E-state index in [1.807, 2.05) is 6.92 Å². The van der Waals surface area contributed by atoms with Gasteiger partial charge in [-0.3, -0.25) is 4.79 Å². The normalized spacial score (nSPS) is 44.5. The van der Waals surface area contributed by atoms with E-state index < -0.39 is 0 Å². The van der Waals surface area contributed by atoms with Gasteiger partial charge in [0.2, 0.25) is 0 Å². The third kappa shape index (κ3) is 0.664. The Labute approximate surface area is 61.1 Å². The van der Waals surface area contributed by atoms with Crippen molar-refractivity contribution in [2.75, 3.05) is 0 Å². The first-order valence-corrected chi connectivity index (χ1v) is 4.00. The minimum Gasteiger partial charge on any atom is -0.299 e. The van der Waals surface area contributed by atoms with Crippen LogP contribution in [0.3, 0.4) is 0 Å². The highest BCUT2D eigenvalue weighted by Gasteiger charge is 2.56. The second-order valence-corrected chi connectivity index (χ2v) is 3.30. The van der Waals surface area contributed by atoms with E-state index >= 15 is 0 Å². The summed E-state index contributed by atoms with van der Waals surface area (Å²) in [5, 5.41) is 0. The quantitative estimate of drug-likeness (QED) is 0.502. The highest BCUT2D eigenvalue weighted by atomic mass is 16.1. The van der Waals surface area contributed by atoms with E-state index in [-0.39, 0.29) is 0 Å². The second kappa shape index (κ2) is 1.94. The first-order chi connectivity index (χ1) is 4.84. The molecule has 0 bridgehead atoms. The summed E-state index contributed by atoms with van der Waals surface area (Å²) >= 11 is 0. The van der Waals surface area contributed by atoms with Crippen LogP contribution < -0.4 is 0 Å². The van der Waals surface area contributed by atoms with Crippen molar-refractivity contribution in [3.8, 4) is 0 Å². The average Bonchev–Trinajstić information content (AvgIpc) is 2.45. The summed E-state index contributed by atoms with van der Waals surface area (Å²) in [7, 11) is 0. The van der Waals surface area contributed by atoms with Crippen molar-refractivity contribution >= 4 is 5.78 Å². The lowest BCUT2D eigenvalue weighted by Crippen LogP contribution is -1.96. The van der Waals surface area contributed by atoms with Crippen LogP contribution in [0.1, 0.15) is 19.8 Å². The highest BCUT2D eigenvalue weighted by Crippen LogP contribution is 2.56. The lowest BCUT2D eigenvalue weighted by atomic mass is 10.1. The number of fused-ring (bicyclic) bond motifs is 1. The molecule has 0 heterocycles. The summed E-state index contributed by atoms with van der Waals surface area (Å²) in [5.74, 6) is 2.32. The Hall–Kier alpha value is -0.590. The van der Waals surface area contributed by atoms with Crippen molar-refractivity contribution < 1.29 is 4.79 Å². The first-order valence-electron chi connectivity index (χ1n) is 4.00. The largest absolute Gasteiger partial charge is 0.299 e. The lowest BCUT2D eigenvalue weighted by molar-refractivity contribution is -0.119. The number of carbonyl (C=O) groups is 1. The maximum atomic E-state index is 11.1. The Morgan fingerprint density at radius 1 is 1.60 bits per heavy atom. The molecular weight excluding hydrogens is 124 g/mol. The molecule has 0 spiro atoms. The van der Waals surface area contributed by atoms with Gasteiger partial charge in [-0.2, -0.15) is 0 Å². The standard InChI is InChI=1S/C9H12O/c1-2-3-6-7-4-5-8(10)9(6)7/h2-3,6-7,9H,4-5H2,1H3. The minimum absolute atomic E-state index is 0.441. The van der Waals surface area contributed by atoms with Gasteiger partial charge in [-0.1, -0.05) is 12.2 Å². The van der Waals surface area contributed by atoms with Gasteiger partial charge in [-0.15, -0.1) is 0 Å². The average molecular weight is 136 g/mol. The predicted octanol–water partition coefficient (Wildman–Crippen LogP) is 1.79. The Morgan fingerprint density at radius 3 is 2.90 bits per heavy atom. The Bertz CT molecular complexity index is 193. The van der Waals surface area contributed by atoms with E-state index in [9.17, 15) is 4.79 Å². The van der Waals surface area contributed by atoms with E-state index in [4.69, 9.17) is 0 Å². The van der Waals surface area contributed by atoms with E-state index in [0.717, 1.165) is 18.8 Å². The Morgan fingerprint density at radius 2 is 2.40 bits per heavy atom. The molecule has 0 amide bonds. The van der Waals surface area contributed by atoms with E-state index in [1.165, 1.54) is 0 Å². The van der Waals surface area contributed by atoms with E-state index in [1.54, 1.807) is 0 Å². The minimum atomic E-state index is 0.441. The summed E-state index contributed by atoms with van der Waals surface area (Å²) in [6.07, 6.45) is 6.25. The Balaban J connectivity index is 2.05. The summed E-state index contributed by atoms with van der Waals surface area (Å²) in [6, 6.07) is 0. The summed E-state index contributed by atoms with van der Waals surface area (Å²) in [4.78, 5) is 11.1. The molecule has 0 aromatic rings. The van der Waals surface area contributed by atoms with Crippen LogP contribution in [0.15, 0.2) is 12.2 Å². The number of carbonyl (C=O) groups excluding carboxylic acids is 1. The van der Waals surface area contributed by atoms with Gasteiger partial charge in [0.05, 0.1) is 0 Å². The van der Waals surface area contributed by atoms with Gasteiger partial charge >= 0.3 is 0 Å². The predicted molar refractivity (Wildman–Crippen MR) is 39.5 cm³/mol. The van der Waals surface area contributed by atoms with Crippen LogP contribution in [0.5, 0.6) is 0 Å². The van der Waals surface area contributed by atoms with Gasteiger partial charge in [0.1, 0.15) is 5.78 Å².